The zero-order valence-corrected chi connectivity index (χ0v) is 12.2. The topological polar surface area (TPSA) is 60.8 Å². The summed E-state index contributed by atoms with van der Waals surface area (Å²) in [5, 5.41) is 18.2. The lowest BCUT2D eigenvalue weighted by atomic mass is 10.0. The lowest BCUT2D eigenvalue weighted by Gasteiger charge is -2.25. The van der Waals surface area contributed by atoms with Gasteiger partial charge >= 0.3 is 0 Å². The van der Waals surface area contributed by atoms with Crippen LogP contribution in [0.25, 0.3) is 0 Å². The highest BCUT2D eigenvalue weighted by Gasteiger charge is 2.34. The van der Waals surface area contributed by atoms with Crippen LogP contribution in [0.1, 0.15) is 35.7 Å². The molecule has 2 unspecified atom stereocenters. The highest BCUT2D eigenvalue weighted by atomic mass is 16.3. The van der Waals surface area contributed by atoms with Crippen LogP contribution < -0.4 is 0 Å². The summed E-state index contributed by atoms with van der Waals surface area (Å²) in [4.78, 5) is 14.3. The van der Waals surface area contributed by atoms with Crippen molar-refractivity contribution in [3.05, 3.63) is 35.4 Å². The number of benzene rings is 1. The molecule has 0 bridgehead atoms. The van der Waals surface area contributed by atoms with E-state index in [1.165, 1.54) is 0 Å². The average molecular weight is 287 g/mol. The van der Waals surface area contributed by atoms with Gasteiger partial charge in [-0.25, -0.2) is 0 Å². The Morgan fingerprint density at radius 2 is 2.24 bits per heavy atom. The summed E-state index contributed by atoms with van der Waals surface area (Å²) in [7, 11) is 0. The monoisotopic (exact) mass is 287 g/mol. The molecule has 1 aliphatic heterocycles. The molecule has 112 valence electrons. The van der Waals surface area contributed by atoms with Crippen LogP contribution in [0.4, 0.5) is 0 Å². The average Bonchev–Trinajstić information content (AvgIpc) is 2.88. The first kappa shape index (κ1) is 15.6. The highest BCUT2D eigenvalue weighted by molar-refractivity contribution is 5.95. The number of hydrogen-bond donors (Lipinski definition) is 2. The molecule has 0 aliphatic carbocycles. The van der Waals surface area contributed by atoms with Crippen molar-refractivity contribution >= 4 is 5.91 Å². The lowest BCUT2D eigenvalue weighted by molar-refractivity contribution is 0.0648. The normalized spacial score (nSPS) is 21.0. The maximum atomic E-state index is 12.6. The van der Waals surface area contributed by atoms with Crippen molar-refractivity contribution in [3.63, 3.8) is 0 Å². The number of likely N-dealkylation sites (tertiary alicyclic amines) is 1. The molecule has 0 saturated carbocycles. The second-order valence-electron chi connectivity index (χ2n) is 5.37. The number of carbonyl (C=O) groups excluding carboxylic acids is 1. The van der Waals surface area contributed by atoms with Crippen LogP contribution in [-0.2, 0) is 0 Å². The first-order chi connectivity index (χ1) is 10.2. The van der Waals surface area contributed by atoms with E-state index in [0.717, 1.165) is 12.0 Å². The molecule has 1 aromatic carbocycles. The molecule has 1 saturated heterocycles. The first-order valence-electron chi connectivity index (χ1n) is 7.29. The van der Waals surface area contributed by atoms with E-state index >= 15 is 0 Å². The van der Waals surface area contributed by atoms with Gasteiger partial charge in [0.1, 0.15) is 0 Å². The largest absolute Gasteiger partial charge is 0.395 e. The third-order valence-electron chi connectivity index (χ3n) is 3.91. The third kappa shape index (κ3) is 3.63. The van der Waals surface area contributed by atoms with Crippen LogP contribution in [0.15, 0.2) is 24.3 Å². The highest BCUT2D eigenvalue weighted by Crippen LogP contribution is 2.25. The van der Waals surface area contributed by atoms with Gasteiger partial charge in [0.05, 0.1) is 19.3 Å². The summed E-state index contributed by atoms with van der Waals surface area (Å²) < 4.78 is 0. The molecule has 4 nitrogen and oxygen atoms in total. The molecule has 0 aromatic heterocycles. The minimum absolute atomic E-state index is 0.00288. The molecule has 2 atom stereocenters. The standard InChI is InChI=1S/C17H21NO3/c1-13-8-9-18(16(13)12-20)17(21)15-7-4-6-14(11-15)5-2-3-10-19/h4,6-7,11,13,16,19-20H,3,8-10,12H2,1H3. The fourth-order valence-electron chi connectivity index (χ4n) is 2.66. The zero-order valence-electron chi connectivity index (χ0n) is 12.2. The smallest absolute Gasteiger partial charge is 0.254 e. The predicted molar refractivity (Wildman–Crippen MR) is 80.7 cm³/mol. The van der Waals surface area contributed by atoms with E-state index in [1.54, 1.807) is 17.0 Å². The Morgan fingerprint density at radius 1 is 1.43 bits per heavy atom. The van der Waals surface area contributed by atoms with Crippen molar-refractivity contribution in [1.29, 1.82) is 0 Å². The molecule has 1 aliphatic rings. The van der Waals surface area contributed by atoms with Crippen molar-refractivity contribution in [2.24, 2.45) is 5.92 Å². The molecule has 2 rings (SSSR count). The minimum Gasteiger partial charge on any atom is -0.395 e. The molecular weight excluding hydrogens is 266 g/mol. The van der Waals surface area contributed by atoms with Crippen molar-refractivity contribution in [2.75, 3.05) is 19.8 Å². The first-order valence-corrected chi connectivity index (χ1v) is 7.29. The van der Waals surface area contributed by atoms with Gasteiger partial charge in [-0.15, -0.1) is 0 Å². The summed E-state index contributed by atoms with van der Waals surface area (Å²) >= 11 is 0. The van der Waals surface area contributed by atoms with Crippen molar-refractivity contribution in [3.8, 4) is 11.8 Å². The van der Waals surface area contributed by atoms with Crippen LogP contribution in [0.3, 0.4) is 0 Å². The molecule has 1 heterocycles. The van der Waals surface area contributed by atoms with Crippen LogP contribution in [0.2, 0.25) is 0 Å². The summed E-state index contributed by atoms with van der Waals surface area (Å²) in [6.45, 7) is 2.79. The Hall–Kier alpha value is -1.83. The van der Waals surface area contributed by atoms with E-state index in [0.29, 0.717) is 24.4 Å². The number of carbonyl (C=O) groups is 1. The van der Waals surface area contributed by atoms with Crippen molar-refractivity contribution in [1.82, 2.24) is 4.90 Å². The quantitative estimate of drug-likeness (QED) is 0.823. The Balaban J connectivity index is 2.16. The van der Waals surface area contributed by atoms with E-state index in [-0.39, 0.29) is 25.2 Å². The Morgan fingerprint density at radius 3 is 2.95 bits per heavy atom. The second-order valence-corrected chi connectivity index (χ2v) is 5.37. The van der Waals surface area contributed by atoms with Crippen molar-refractivity contribution < 1.29 is 15.0 Å². The van der Waals surface area contributed by atoms with E-state index in [1.807, 2.05) is 12.1 Å². The third-order valence-corrected chi connectivity index (χ3v) is 3.91. The number of hydrogen-bond acceptors (Lipinski definition) is 3. The number of nitrogens with zero attached hydrogens (tertiary/aromatic N) is 1. The lowest BCUT2D eigenvalue weighted by Crippen LogP contribution is -2.39. The molecule has 4 heteroatoms. The Bertz CT molecular complexity index is 559. The number of aliphatic hydroxyl groups is 2. The van der Waals surface area contributed by atoms with Gasteiger partial charge < -0.3 is 15.1 Å². The van der Waals surface area contributed by atoms with Crippen LogP contribution in [0.5, 0.6) is 0 Å². The second kappa shape index (κ2) is 7.26. The van der Waals surface area contributed by atoms with Gasteiger partial charge in [-0.3, -0.25) is 4.79 Å². The van der Waals surface area contributed by atoms with E-state index < -0.39 is 0 Å². The van der Waals surface area contributed by atoms with Crippen LogP contribution in [0, 0.1) is 17.8 Å². The zero-order chi connectivity index (χ0) is 15.2. The maximum Gasteiger partial charge on any atom is 0.254 e. The maximum absolute atomic E-state index is 12.6. The van der Waals surface area contributed by atoms with Gasteiger partial charge in [0.2, 0.25) is 0 Å². The van der Waals surface area contributed by atoms with Gasteiger partial charge in [-0.1, -0.05) is 24.8 Å². The molecule has 21 heavy (non-hydrogen) atoms. The number of amides is 1. The molecule has 0 spiro atoms. The van der Waals surface area contributed by atoms with Gasteiger partial charge in [0, 0.05) is 24.1 Å². The molecule has 1 amide bonds. The van der Waals surface area contributed by atoms with Crippen LogP contribution in [-0.4, -0.2) is 46.8 Å². The summed E-state index contributed by atoms with van der Waals surface area (Å²) in [5.41, 5.74) is 1.36. The van der Waals surface area contributed by atoms with E-state index in [9.17, 15) is 9.90 Å². The van der Waals surface area contributed by atoms with Gasteiger partial charge in [-0.05, 0) is 30.5 Å². The van der Waals surface area contributed by atoms with Gasteiger partial charge in [0.25, 0.3) is 5.91 Å². The van der Waals surface area contributed by atoms with E-state index in [2.05, 4.69) is 18.8 Å². The number of aliphatic hydroxyl groups excluding tert-OH is 2. The van der Waals surface area contributed by atoms with Crippen molar-refractivity contribution in [2.45, 2.75) is 25.8 Å². The predicted octanol–water partition coefficient (Wildman–Crippen LogP) is 1.26. The number of rotatable bonds is 3. The van der Waals surface area contributed by atoms with Gasteiger partial charge in [-0.2, -0.15) is 0 Å². The summed E-state index contributed by atoms with van der Waals surface area (Å²) in [6, 6.07) is 7.10. The van der Waals surface area contributed by atoms with E-state index in [4.69, 9.17) is 5.11 Å². The fourth-order valence-corrected chi connectivity index (χ4v) is 2.66. The molecular formula is C17H21NO3. The fraction of sp³-hybridized carbons (Fsp3) is 0.471. The van der Waals surface area contributed by atoms with Gasteiger partial charge in [0.15, 0.2) is 0 Å². The molecule has 2 N–H and O–H groups in total. The summed E-state index contributed by atoms with van der Waals surface area (Å²) in [5.74, 6) is 6.06. The SMILES string of the molecule is CC1CCN(C(=O)c2cccc(C#CCCO)c2)C1CO. The molecule has 1 aromatic rings. The summed E-state index contributed by atoms with van der Waals surface area (Å²) in [6.07, 6.45) is 1.35. The molecule has 0 radical (unpaired) electrons. The minimum atomic E-state index is -0.0957. The Kier molecular flexibility index (Phi) is 5.38. The Labute approximate surface area is 125 Å². The molecule has 1 fully saturated rings. The van der Waals surface area contributed by atoms with Crippen LogP contribution >= 0.6 is 0 Å².